The molecule has 0 unspecified atom stereocenters. The molecule has 0 amide bonds. The van der Waals surface area contributed by atoms with Crippen LogP contribution in [0.15, 0.2) is 0 Å². The summed E-state index contributed by atoms with van der Waals surface area (Å²) >= 11 is 3.42. The van der Waals surface area contributed by atoms with Crippen molar-refractivity contribution in [3.05, 3.63) is 0 Å². The van der Waals surface area contributed by atoms with E-state index < -0.39 is 11.4 Å². The van der Waals surface area contributed by atoms with Gasteiger partial charge in [0.25, 0.3) is 0 Å². The number of hydrogen-bond donors (Lipinski definition) is 1. The molecule has 2 rings (SSSR count). The van der Waals surface area contributed by atoms with Crippen LogP contribution in [0.3, 0.4) is 0 Å². The molecule has 84 valence electrons. The Morgan fingerprint density at radius 2 is 2.20 bits per heavy atom. The van der Waals surface area contributed by atoms with Crippen molar-refractivity contribution in [1.82, 2.24) is 0 Å². The molecule has 4 heteroatoms. The first-order valence-electron chi connectivity index (χ1n) is 5.23. The molecular formula is C11H15BrO3. The van der Waals surface area contributed by atoms with Gasteiger partial charge in [-0.2, -0.15) is 0 Å². The van der Waals surface area contributed by atoms with Crippen molar-refractivity contribution in [1.29, 1.82) is 0 Å². The maximum atomic E-state index is 12.0. The highest BCUT2D eigenvalue weighted by Crippen LogP contribution is 2.66. The zero-order valence-corrected chi connectivity index (χ0v) is 10.5. The zero-order chi connectivity index (χ0) is 11.4. The average molecular weight is 275 g/mol. The van der Waals surface area contributed by atoms with E-state index in [1.807, 2.05) is 13.8 Å². The Morgan fingerprint density at radius 1 is 1.60 bits per heavy atom. The number of alkyl halides is 1. The molecule has 2 bridgehead atoms. The van der Waals surface area contributed by atoms with Crippen molar-refractivity contribution in [2.45, 2.75) is 37.9 Å². The SMILES string of the molecule is C[C@@]12CC[C@H]([C@@H](Br)C1=O)[C@@]2(C)CC(=O)O. The maximum absolute atomic E-state index is 12.0. The molecule has 0 aromatic carbocycles. The molecular weight excluding hydrogens is 260 g/mol. The van der Waals surface area contributed by atoms with Crippen molar-refractivity contribution >= 4 is 27.7 Å². The van der Waals surface area contributed by atoms with Crippen LogP contribution in [-0.4, -0.2) is 21.7 Å². The molecule has 1 N–H and O–H groups in total. The quantitative estimate of drug-likeness (QED) is 0.786. The zero-order valence-electron chi connectivity index (χ0n) is 8.92. The van der Waals surface area contributed by atoms with Crippen LogP contribution in [0.5, 0.6) is 0 Å². The molecule has 0 aromatic rings. The van der Waals surface area contributed by atoms with Crippen molar-refractivity contribution in [3.63, 3.8) is 0 Å². The molecule has 3 nitrogen and oxygen atoms in total. The highest BCUT2D eigenvalue weighted by atomic mass is 79.9. The number of fused-ring (bicyclic) bond motifs is 2. The largest absolute Gasteiger partial charge is 0.481 e. The first-order chi connectivity index (χ1) is 6.83. The lowest BCUT2D eigenvalue weighted by molar-refractivity contribution is -0.142. The molecule has 0 spiro atoms. The van der Waals surface area contributed by atoms with Crippen molar-refractivity contribution < 1.29 is 14.7 Å². The average Bonchev–Trinajstić information content (AvgIpc) is 2.42. The molecule has 2 fully saturated rings. The molecule has 0 aromatic heterocycles. The van der Waals surface area contributed by atoms with Gasteiger partial charge in [-0.05, 0) is 24.2 Å². The van der Waals surface area contributed by atoms with Crippen molar-refractivity contribution in [3.8, 4) is 0 Å². The summed E-state index contributed by atoms with van der Waals surface area (Å²) in [6.07, 6.45) is 1.90. The van der Waals surface area contributed by atoms with Crippen LogP contribution in [0.2, 0.25) is 0 Å². The Labute approximate surface area is 97.4 Å². The number of halogens is 1. The molecule has 2 aliphatic carbocycles. The van der Waals surface area contributed by atoms with Gasteiger partial charge in [-0.15, -0.1) is 0 Å². The van der Waals surface area contributed by atoms with Crippen LogP contribution in [0, 0.1) is 16.7 Å². The van der Waals surface area contributed by atoms with E-state index in [2.05, 4.69) is 15.9 Å². The third-order valence-electron chi connectivity index (χ3n) is 4.70. The minimum absolute atomic E-state index is 0.0992. The highest BCUT2D eigenvalue weighted by molar-refractivity contribution is 9.10. The third kappa shape index (κ3) is 1.17. The summed E-state index contributed by atoms with van der Waals surface area (Å²) in [5, 5.41) is 8.96. The summed E-state index contributed by atoms with van der Waals surface area (Å²) in [7, 11) is 0. The second-order valence-electron chi connectivity index (χ2n) is 5.23. The number of hydrogen-bond acceptors (Lipinski definition) is 2. The van der Waals surface area contributed by atoms with E-state index in [9.17, 15) is 9.59 Å². The summed E-state index contributed by atoms with van der Waals surface area (Å²) in [6.45, 7) is 3.89. The van der Waals surface area contributed by atoms with Gasteiger partial charge in [0.1, 0.15) is 0 Å². The van der Waals surface area contributed by atoms with Crippen LogP contribution >= 0.6 is 15.9 Å². The summed E-state index contributed by atoms with van der Waals surface area (Å²) < 4.78 is 0. The summed E-state index contributed by atoms with van der Waals surface area (Å²) in [4.78, 5) is 22.8. The van der Waals surface area contributed by atoms with Gasteiger partial charge in [-0.25, -0.2) is 0 Å². The van der Waals surface area contributed by atoms with Gasteiger partial charge in [0, 0.05) is 5.41 Å². The van der Waals surface area contributed by atoms with Crippen LogP contribution in [0.25, 0.3) is 0 Å². The van der Waals surface area contributed by atoms with Crippen LogP contribution in [0.1, 0.15) is 33.1 Å². The summed E-state index contributed by atoms with van der Waals surface area (Å²) in [5.74, 6) is -0.418. The number of carboxylic acids is 1. The fraction of sp³-hybridized carbons (Fsp3) is 0.818. The Kier molecular flexibility index (Phi) is 2.27. The number of ketones is 1. The minimum atomic E-state index is -0.801. The third-order valence-corrected chi connectivity index (χ3v) is 5.75. The molecule has 2 aliphatic rings. The predicted octanol–water partition coefficient (Wildman–Crippen LogP) is 2.23. The van der Waals surface area contributed by atoms with Crippen molar-refractivity contribution in [2.75, 3.05) is 0 Å². The fourth-order valence-electron chi connectivity index (χ4n) is 3.46. The molecule has 4 atom stereocenters. The van der Waals surface area contributed by atoms with Gasteiger partial charge in [0.15, 0.2) is 5.78 Å². The van der Waals surface area contributed by atoms with Gasteiger partial charge in [0.05, 0.1) is 11.2 Å². The Bertz CT molecular complexity index is 341. The lowest BCUT2D eigenvalue weighted by Gasteiger charge is -2.34. The molecule has 0 saturated heterocycles. The number of rotatable bonds is 2. The Hall–Kier alpha value is -0.380. The minimum Gasteiger partial charge on any atom is -0.481 e. The molecule has 15 heavy (non-hydrogen) atoms. The monoisotopic (exact) mass is 274 g/mol. The lowest BCUT2D eigenvalue weighted by Crippen LogP contribution is -2.37. The lowest BCUT2D eigenvalue weighted by atomic mass is 9.67. The van der Waals surface area contributed by atoms with Gasteiger partial charge >= 0.3 is 5.97 Å². The standard InChI is InChI=1S/C11H15BrO3/c1-10-4-3-6(8(12)9(10)15)11(10,2)5-7(13)14/h6,8H,3-5H2,1-2H3,(H,13,14)/t6-,8-,10-,11-/m1/s1. The van der Waals surface area contributed by atoms with Gasteiger partial charge in [-0.3, -0.25) is 9.59 Å². The number of carboxylic acid groups (broad SMARTS) is 1. The van der Waals surface area contributed by atoms with E-state index in [1.54, 1.807) is 0 Å². The van der Waals surface area contributed by atoms with Gasteiger partial charge < -0.3 is 5.11 Å². The first-order valence-corrected chi connectivity index (χ1v) is 6.15. The van der Waals surface area contributed by atoms with Gasteiger partial charge in [-0.1, -0.05) is 29.8 Å². The second-order valence-corrected chi connectivity index (χ2v) is 6.22. The smallest absolute Gasteiger partial charge is 0.303 e. The fourth-order valence-corrected chi connectivity index (χ4v) is 4.81. The molecule has 0 radical (unpaired) electrons. The van der Waals surface area contributed by atoms with Gasteiger partial charge in [0.2, 0.25) is 0 Å². The van der Waals surface area contributed by atoms with E-state index in [-0.39, 0.29) is 28.4 Å². The number of aliphatic carboxylic acids is 1. The topological polar surface area (TPSA) is 54.4 Å². The van der Waals surface area contributed by atoms with E-state index in [1.165, 1.54) is 0 Å². The molecule has 2 saturated carbocycles. The Balaban J connectivity index is 2.42. The normalized spacial score (nSPS) is 48.6. The Morgan fingerprint density at radius 3 is 2.60 bits per heavy atom. The second kappa shape index (κ2) is 3.06. The van der Waals surface area contributed by atoms with E-state index in [0.717, 1.165) is 12.8 Å². The number of Topliss-reactive ketones (excluding diaryl/α,β-unsaturated/α-hetero) is 1. The molecule has 0 aliphatic heterocycles. The first kappa shape index (κ1) is 11.1. The van der Waals surface area contributed by atoms with Crippen LogP contribution < -0.4 is 0 Å². The van der Waals surface area contributed by atoms with E-state index in [0.29, 0.717) is 0 Å². The summed E-state index contributed by atoms with van der Waals surface area (Å²) in [6, 6.07) is 0. The van der Waals surface area contributed by atoms with Crippen LogP contribution in [0.4, 0.5) is 0 Å². The van der Waals surface area contributed by atoms with E-state index >= 15 is 0 Å². The van der Waals surface area contributed by atoms with Crippen LogP contribution in [-0.2, 0) is 9.59 Å². The molecule has 0 heterocycles. The number of carbonyl (C=O) groups excluding carboxylic acids is 1. The summed E-state index contributed by atoms with van der Waals surface area (Å²) in [5.41, 5.74) is -0.811. The van der Waals surface area contributed by atoms with Crippen molar-refractivity contribution in [2.24, 2.45) is 16.7 Å². The number of carbonyl (C=O) groups is 2. The predicted molar refractivity (Wildman–Crippen MR) is 58.9 cm³/mol. The highest BCUT2D eigenvalue weighted by Gasteiger charge is 2.68. The van der Waals surface area contributed by atoms with E-state index in [4.69, 9.17) is 5.11 Å². The maximum Gasteiger partial charge on any atom is 0.303 e.